The molecule has 2 atom stereocenters. The number of aromatic amines is 1. The zero-order valence-electron chi connectivity index (χ0n) is 13.6. The highest BCUT2D eigenvalue weighted by Crippen LogP contribution is 2.34. The van der Waals surface area contributed by atoms with Gasteiger partial charge in [-0.3, -0.25) is 5.10 Å². The lowest BCUT2D eigenvalue weighted by molar-refractivity contribution is 0.248. The number of fused-ring (bicyclic) bond motifs is 1. The molecule has 1 aliphatic carbocycles. The van der Waals surface area contributed by atoms with Gasteiger partial charge in [-0.15, -0.1) is 0 Å². The number of carbonyl (C=O) groups is 1. The molecule has 5 nitrogen and oxygen atoms in total. The number of rotatable bonds is 3. The molecule has 3 aromatic rings. The van der Waals surface area contributed by atoms with E-state index in [1.165, 1.54) is 6.07 Å². The smallest absolute Gasteiger partial charge is 0.319 e. The van der Waals surface area contributed by atoms with Gasteiger partial charge in [0.05, 0.1) is 17.4 Å². The normalized spacial score (nSPS) is 19.9. The Morgan fingerprint density at radius 2 is 2.08 bits per heavy atom. The number of amides is 2. The van der Waals surface area contributed by atoms with Gasteiger partial charge >= 0.3 is 6.03 Å². The molecule has 0 bridgehead atoms. The Labute approximate surface area is 144 Å². The van der Waals surface area contributed by atoms with Crippen LogP contribution in [-0.2, 0) is 0 Å². The van der Waals surface area contributed by atoms with Gasteiger partial charge in [0.15, 0.2) is 0 Å². The van der Waals surface area contributed by atoms with E-state index in [2.05, 4.69) is 20.8 Å². The Morgan fingerprint density at radius 3 is 2.96 bits per heavy atom. The molecule has 0 unspecified atom stereocenters. The van der Waals surface area contributed by atoms with Gasteiger partial charge in [0.2, 0.25) is 0 Å². The fourth-order valence-corrected chi connectivity index (χ4v) is 3.60. The van der Waals surface area contributed by atoms with E-state index in [1.807, 2.05) is 24.3 Å². The van der Waals surface area contributed by atoms with Gasteiger partial charge in [0.1, 0.15) is 5.82 Å². The van der Waals surface area contributed by atoms with E-state index in [-0.39, 0.29) is 17.9 Å². The summed E-state index contributed by atoms with van der Waals surface area (Å²) < 4.78 is 13.4. The summed E-state index contributed by atoms with van der Waals surface area (Å²) in [5, 5.41) is 13.7. The van der Waals surface area contributed by atoms with Crippen molar-refractivity contribution < 1.29 is 9.18 Å². The lowest BCUT2D eigenvalue weighted by Gasteiger charge is -2.15. The number of hydrogen-bond donors (Lipinski definition) is 3. The number of carbonyl (C=O) groups excluding carboxylic acids is 1. The van der Waals surface area contributed by atoms with Crippen LogP contribution in [-0.4, -0.2) is 22.3 Å². The van der Waals surface area contributed by atoms with E-state index in [1.54, 1.807) is 18.3 Å². The largest absolute Gasteiger partial charge is 0.335 e. The van der Waals surface area contributed by atoms with Crippen molar-refractivity contribution in [2.24, 2.45) is 0 Å². The molecule has 128 valence electrons. The number of anilines is 1. The Kier molecular flexibility index (Phi) is 4.09. The maximum Gasteiger partial charge on any atom is 0.319 e. The number of aromatic nitrogens is 2. The van der Waals surface area contributed by atoms with Crippen LogP contribution >= 0.6 is 0 Å². The number of H-pyrrole nitrogens is 1. The molecule has 3 N–H and O–H groups in total. The minimum atomic E-state index is -0.224. The second kappa shape index (κ2) is 6.55. The third kappa shape index (κ3) is 3.33. The van der Waals surface area contributed by atoms with Crippen molar-refractivity contribution in [1.82, 2.24) is 15.5 Å². The lowest BCUT2D eigenvalue weighted by Crippen LogP contribution is -2.36. The first-order chi connectivity index (χ1) is 12.2. The van der Waals surface area contributed by atoms with Crippen LogP contribution in [0.5, 0.6) is 0 Å². The van der Waals surface area contributed by atoms with Crippen molar-refractivity contribution in [2.45, 2.75) is 31.2 Å². The van der Waals surface area contributed by atoms with Crippen molar-refractivity contribution in [1.29, 1.82) is 0 Å². The Balaban J connectivity index is 1.38. The molecular weight excluding hydrogens is 319 g/mol. The van der Waals surface area contributed by atoms with Crippen LogP contribution in [0.3, 0.4) is 0 Å². The molecule has 2 aromatic carbocycles. The minimum Gasteiger partial charge on any atom is -0.335 e. The van der Waals surface area contributed by atoms with Gasteiger partial charge < -0.3 is 10.6 Å². The summed E-state index contributed by atoms with van der Waals surface area (Å²) in [6.07, 6.45) is 4.36. The standard InChI is InChI=1S/C19H19FN4O/c20-14-4-1-3-12(9-14)13-7-8-15(10-13)22-19(25)23-17-5-2-6-18-16(17)11-21-24-18/h1-6,9,11,13,15H,7-8,10H2,(H,21,24)(H2,22,23,25)/t13-,15-/m0/s1. The number of halogens is 1. The number of benzene rings is 2. The van der Waals surface area contributed by atoms with Gasteiger partial charge in [-0.2, -0.15) is 5.10 Å². The van der Waals surface area contributed by atoms with Crippen LogP contribution in [0.4, 0.5) is 14.9 Å². The summed E-state index contributed by atoms with van der Waals surface area (Å²) in [5.41, 5.74) is 2.61. The number of nitrogens with one attached hydrogen (secondary N) is 3. The van der Waals surface area contributed by atoms with Crippen LogP contribution in [0, 0.1) is 5.82 Å². The van der Waals surface area contributed by atoms with Crippen LogP contribution in [0.15, 0.2) is 48.7 Å². The Hall–Kier alpha value is -2.89. The van der Waals surface area contributed by atoms with Crippen LogP contribution in [0.2, 0.25) is 0 Å². The SMILES string of the molecule is O=C(Nc1cccc2[nH]ncc12)N[C@H]1CC[C@H](c2cccc(F)c2)C1. The molecule has 2 amide bonds. The fourth-order valence-electron chi connectivity index (χ4n) is 3.60. The highest BCUT2D eigenvalue weighted by Gasteiger charge is 2.27. The van der Waals surface area contributed by atoms with Crippen molar-refractivity contribution in [3.63, 3.8) is 0 Å². The van der Waals surface area contributed by atoms with E-state index in [0.717, 1.165) is 41.4 Å². The summed E-state index contributed by atoms with van der Waals surface area (Å²) in [7, 11) is 0. The third-order valence-corrected chi connectivity index (χ3v) is 4.82. The maximum absolute atomic E-state index is 13.4. The third-order valence-electron chi connectivity index (χ3n) is 4.82. The van der Waals surface area contributed by atoms with Crippen molar-refractivity contribution in [2.75, 3.05) is 5.32 Å². The van der Waals surface area contributed by atoms with Crippen molar-refractivity contribution in [3.8, 4) is 0 Å². The molecular formula is C19H19FN4O. The van der Waals surface area contributed by atoms with Crippen LogP contribution < -0.4 is 10.6 Å². The van der Waals surface area contributed by atoms with Crippen LogP contribution in [0.25, 0.3) is 10.9 Å². The maximum atomic E-state index is 13.4. The molecule has 1 heterocycles. The summed E-state index contributed by atoms with van der Waals surface area (Å²) in [6.45, 7) is 0. The van der Waals surface area contributed by atoms with Crippen LogP contribution in [0.1, 0.15) is 30.7 Å². The van der Waals surface area contributed by atoms with Gasteiger partial charge in [0.25, 0.3) is 0 Å². The van der Waals surface area contributed by atoms with E-state index in [4.69, 9.17) is 0 Å². The summed E-state index contributed by atoms with van der Waals surface area (Å²) >= 11 is 0. The lowest BCUT2D eigenvalue weighted by atomic mass is 9.97. The average Bonchev–Trinajstić information content (AvgIpc) is 3.24. The zero-order valence-corrected chi connectivity index (χ0v) is 13.6. The summed E-state index contributed by atoms with van der Waals surface area (Å²) in [5.74, 6) is 0.0816. The zero-order chi connectivity index (χ0) is 17.2. The van der Waals surface area contributed by atoms with E-state index < -0.39 is 0 Å². The molecule has 6 heteroatoms. The first kappa shape index (κ1) is 15.6. The monoisotopic (exact) mass is 338 g/mol. The minimum absolute atomic E-state index is 0.0943. The molecule has 0 spiro atoms. The molecule has 25 heavy (non-hydrogen) atoms. The number of hydrogen-bond acceptors (Lipinski definition) is 2. The first-order valence-electron chi connectivity index (χ1n) is 8.44. The summed E-state index contributed by atoms with van der Waals surface area (Å²) in [4.78, 5) is 12.3. The summed E-state index contributed by atoms with van der Waals surface area (Å²) in [6, 6.07) is 12.2. The fraction of sp³-hybridized carbons (Fsp3) is 0.263. The average molecular weight is 338 g/mol. The van der Waals surface area contributed by atoms with E-state index in [0.29, 0.717) is 5.92 Å². The van der Waals surface area contributed by atoms with E-state index in [9.17, 15) is 9.18 Å². The molecule has 1 fully saturated rings. The Bertz CT molecular complexity index is 907. The van der Waals surface area contributed by atoms with Gasteiger partial charge in [-0.25, -0.2) is 9.18 Å². The first-order valence-corrected chi connectivity index (χ1v) is 8.44. The number of urea groups is 1. The quantitative estimate of drug-likeness (QED) is 0.671. The van der Waals surface area contributed by atoms with Gasteiger partial charge in [-0.05, 0) is 55.0 Å². The highest BCUT2D eigenvalue weighted by atomic mass is 19.1. The van der Waals surface area contributed by atoms with Crippen molar-refractivity contribution in [3.05, 3.63) is 60.0 Å². The molecule has 0 radical (unpaired) electrons. The Morgan fingerprint density at radius 1 is 1.20 bits per heavy atom. The molecule has 0 aliphatic heterocycles. The molecule has 0 saturated heterocycles. The molecule has 1 aromatic heterocycles. The molecule has 1 saturated carbocycles. The topological polar surface area (TPSA) is 69.8 Å². The molecule has 4 rings (SSSR count). The number of nitrogens with zero attached hydrogens (tertiary/aromatic N) is 1. The predicted molar refractivity (Wildman–Crippen MR) is 95.0 cm³/mol. The van der Waals surface area contributed by atoms with Gasteiger partial charge in [0, 0.05) is 11.4 Å². The molecule has 1 aliphatic rings. The highest BCUT2D eigenvalue weighted by molar-refractivity contribution is 6.00. The second-order valence-corrected chi connectivity index (χ2v) is 6.50. The predicted octanol–water partition coefficient (Wildman–Crippen LogP) is 4.16. The van der Waals surface area contributed by atoms with Crippen molar-refractivity contribution >= 4 is 22.6 Å². The van der Waals surface area contributed by atoms with E-state index >= 15 is 0 Å². The van der Waals surface area contributed by atoms with Gasteiger partial charge in [-0.1, -0.05) is 18.2 Å². The second-order valence-electron chi connectivity index (χ2n) is 6.50.